The molecule has 1 atom stereocenters. The van der Waals surface area contributed by atoms with Crippen LogP contribution in [0.3, 0.4) is 0 Å². The summed E-state index contributed by atoms with van der Waals surface area (Å²) in [4.78, 5) is 20.7. The second kappa shape index (κ2) is 9.99. The fourth-order valence-corrected chi connectivity index (χ4v) is 3.46. The SMILES string of the molecule is CCNC(=NCC1Cc2ccccc21)N1CCN(C(=O)OCC)CC1.I. The largest absolute Gasteiger partial charge is 0.450 e. The smallest absolute Gasteiger partial charge is 0.409 e. The fraction of sp³-hybridized carbons (Fsp3) is 0.579. The molecule has 0 bridgehead atoms. The molecule has 2 aliphatic rings. The molecular formula is C19H29IN4O2. The molecule has 26 heavy (non-hydrogen) atoms. The molecule has 3 rings (SSSR count). The van der Waals surface area contributed by atoms with Crippen LogP contribution in [0.4, 0.5) is 4.79 Å². The number of rotatable bonds is 4. The first-order valence-corrected chi connectivity index (χ1v) is 9.25. The second-order valence-electron chi connectivity index (χ2n) is 6.47. The van der Waals surface area contributed by atoms with Crippen LogP contribution in [0, 0.1) is 0 Å². The van der Waals surface area contributed by atoms with Crippen molar-refractivity contribution in [1.82, 2.24) is 15.1 Å². The van der Waals surface area contributed by atoms with Gasteiger partial charge in [-0.1, -0.05) is 24.3 Å². The van der Waals surface area contributed by atoms with Crippen molar-refractivity contribution in [3.05, 3.63) is 35.4 Å². The van der Waals surface area contributed by atoms with Gasteiger partial charge in [0.05, 0.1) is 6.61 Å². The van der Waals surface area contributed by atoms with Gasteiger partial charge in [-0.2, -0.15) is 0 Å². The molecule has 1 amide bonds. The van der Waals surface area contributed by atoms with E-state index in [9.17, 15) is 4.79 Å². The minimum atomic E-state index is -0.213. The molecule has 0 radical (unpaired) electrons. The number of halogens is 1. The zero-order valence-electron chi connectivity index (χ0n) is 15.6. The van der Waals surface area contributed by atoms with Crippen LogP contribution >= 0.6 is 24.0 Å². The Kier molecular flexibility index (Phi) is 7.99. The van der Waals surface area contributed by atoms with Crippen molar-refractivity contribution in [2.75, 3.05) is 45.9 Å². The number of aliphatic imine (C=N–C) groups is 1. The first kappa shape index (κ1) is 20.8. The van der Waals surface area contributed by atoms with Crippen molar-refractivity contribution < 1.29 is 9.53 Å². The van der Waals surface area contributed by atoms with Crippen molar-refractivity contribution in [3.63, 3.8) is 0 Å². The van der Waals surface area contributed by atoms with Crippen molar-refractivity contribution in [2.24, 2.45) is 4.99 Å². The number of nitrogens with one attached hydrogen (secondary N) is 1. The lowest BCUT2D eigenvalue weighted by Gasteiger charge is -2.36. The molecule has 1 aliphatic heterocycles. The van der Waals surface area contributed by atoms with Gasteiger partial charge in [0.1, 0.15) is 0 Å². The maximum Gasteiger partial charge on any atom is 0.409 e. The van der Waals surface area contributed by atoms with Gasteiger partial charge in [-0.3, -0.25) is 4.99 Å². The number of hydrogen-bond acceptors (Lipinski definition) is 3. The molecule has 1 aromatic rings. The zero-order chi connectivity index (χ0) is 17.6. The predicted molar refractivity (Wildman–Crippen MR) is 114 cm³/mol. The molecule has 1 heterocycles. The highest BCUT2D eigenvalue weighted by Gasteiger charge is 2.27. The summed E-state index contributed by atoms with van der Waals surface area (Å²) in [5.41, 5.74) is 2.89. The van der Waals surface area contributed by atoms with E-state index in [0.29, 0.717) is 25.6 Å². The Morgan fingerprint density at radius 2 is 1.88 bits per heavy atom. The fourth-order valence-electron chi connectivity index (χ4n) is 3.46. The first-order chi connectivity index (χ1) is 12.2. The van der Waals surface area contributed by atoms with E-state index in [0.717, 1.165) is 38.6 Å². The average Bonchev–Trinajstić information content (AvgIpc) is 2.62. The van der Waals surface area contributed by atoms with E-state index < -0.39 is 0 Å². The van der Waals surface area contributed by atoms with Crippen molar-refractivity contribution >= 4 is 36.0 Å². The van der Waals surface area contributed by atoms with Crippen molar-refractivity contribution in [1.29, 1.82) is 0 Å². The van der Waals surface area contributed by atoms with Gasteiger partial charge in [-0.25, -0.2) is 4.79 Å². The topological polar surface area (TPSA) is 57.2 Å². The molecule has 144 valence electrons. The van der Waals surface area contributed by atoms with Gasteiger partial charge in [0.2, 0.25) is 0 Å². The summed E-state index contributed by atoms with van der Waals surface area (Å²) in [5, 5.41) is 3.39. The molecule has 1 fully saturated rings. The third-order valence-corrected chi connectivity index (χ3v) is 4.86. The Labute approximate surface area is 173 Å². The first-order valence-electron chi connectivity index (χ1n) is 9.25. The minimum Gasteiger partial charge on any atom is -0.450 e. The van der Waals surface area contributed by atoms with Crippen LogP contribution in [0.2, 0.25) is 0 Å². The van der Waals surface area contributed by atoms with Crippen LogP contribution in [0.15, 0.2) is 29.3 Å². The molecule has 0 aromatic heterocycles. The van der Waals surface area contributed by atoms with Crippen LogP contribution in [0.25, 0.3) is 0 Å². The van der Waals surface area contributed by atoms with Gasteiger partial charge in [0.25, 0.3) is 0 Å². The van der Waals surface area contributed by atoms with E-state index in [4.69, 9.17) is 9.73 Å². The number of nitrogens with zero attached hydrogens (tertiary/aromatic N) is 3. The lowest BCUT2D eigenvalue weighted by atomic mass is 9.78. The highest BCUT2D eigenvalue weighted by molar-refractivity contribution is 14.0. The van der Waals surface area contributed by atoms with E-state index >= 15 is 0 Å². The van der Waals surface area contributed by atoms with E-state index in [2.05, 4.69) is 41.4 Å². The summed E-state index contributed by atoms with van der Waals surface area (Å²) < 4.78 is 5.08. The van der Waals surface area contributed by atoms with Crippen LogP contribution < -0.4 is 5.32 Å². The number of piperazine rings is 1. The molecular weight excluding hydrogens is 443 g/mol. The van der Waals surface area contributed by atoms with Crippen LogP contribution in [-0.4, -0.2) is 67.7 Å². The van der Waals surface area contributed by atoms with Gasteiger partial charge in [0, 0.05) is 45.2 Å². The number of carbonyl (C=O) groups is 1. The number of fused-ring (bicyclic) bond motifs is 1. The molecule has 7 heteroatoms. The Morgan fingerprint density at radius 1 is 1.19 bits per heavy atom. The van der Waals surface area contributed by atoms with Crippen LogP contribution in [-0.2, 0) is 11.2 Å². The summed E-state index contributed by atoms with van der Waals surface area (Å²) in [6.45, 7) is 8.93. The summed E-state index contributed by atoms with van der Waals surface area (Å²) in [6.07, 6.45) is 0.908. The highest BCUT2D eigenvalue weighted by atomic mass is 127. The standard InChI is InChI=1S/C19H28N4O2.HI/c1-3-20-18(21-14-16-13-15-7-5-6-8-17(15)16)22-9-11-23(12-10-22)19(24)25-4-2;/h5-8,16H,3-4,9-14H2,1-2H3,(H,20,21);1H. The van der Waals surface area contributed by atoms with E-state index in [1.807, 2.05) is 6.92 Å². The Bertz CT molecular complexity index is 630. The van der Waals surface area contributed by atoms with E-state index in [1.54, 1.807) is 4.90 Å². The van der Waals surface area contributed by atoms with Crippen LogP contribution in [0.5, 0.6) is 0 Å². The molecule has 6 nitrogen and oxygen atoms in total. The van der Waals surface area contributed by atoms with Gasteiger partial charge in [-0.15, -0.1) is 24.0 Å². The molecule has 0 spiro atoms. The molecule has 0 saturated carbocycles. The lowest BCUT2D eigenvalue weighted by Crippen LogP contribution is -2.54. The van der Waals surface area contributed by atoms with Gasteiger partial charge in [0.15, 0.2) is 5.96 Å². The van der Waals surface area contributed by atoms with Gasteiger partial charge >= 0.3 is 6.09 Å². The van der Waals surface area contributed by atoms with Gasteiger partial charge < -0.3 is 19.9 Å². The zero-order valence-corrected chi connectivity index (χ0v) is 17.9. The number of ether oxygens (including phenoxy) is 1. The van der Waals surface area contributed by atoms with E-state index in [1.165, 1.54) is 11.1 Å². The maximum absolute atomic E-state index is 11.8. The summed E-state index contributed by atoms with van der Waals surface area (Å²) in [6, 6.07) is 8.62. The van der Waals surface area contributed by atoms with Crippen molar-refractivity contribution in [2.45, 2.75) is 26.2 Å². The normalized spacial score (nSPS) is 19.2. The minimum absolute atomic E-state index is 0. The second-order valence-corrected chi connectivity index (χ2v) is 6.47. The average molecular weight is 472 g/mol. The number of amides is 1. The number of benzene rings is 1. The molecule has 1 saturated heterocycles. The number of hydrogen-bond donors (Lipinski definition) is 1. The summed E-state index contributed by atoms with van der Waals surface area (Å²) in [5.74, 6) is 1.49. The molecule has 1 aliphatic carbocycles. The quantitative estimate of drug-likeness (QED) is 0.416. The number of carbonyl (C=O) groups excluding carboxylic acids is 1. The summed E-state index contributed by atoms with van der Waals surface area (Å²) >= 11 is 0. The van der Waals surface area contributed by atoms with Crippen molar-refractivity contribution in [3.8, 4) is 0 Å². The lowest BCUT2D eigenvalue weighted by molar-refractivity contribution is 0.0914. The predicted octanol–water partition coefficient (Wildman–Crippen LogP) is 2.68. The highest BCUT2D eigenvalue weighted by Crippen LogP contribution is 2.34. The third kappa shape index (κ3) is 4.81. The van der Waals surface area contributed by atoms with Crippen LogP contribution in [0.1, 0.15) is 30.9 Å². The third-order valence-electron chi connectivity index (χ3n) is 4.86. The maximum atomic E-state index is 11.8. The molecule has 1 aromatic carbocycles. The monoisotopic (exact) mass is 472 g/mol. The molecule has 1 unspecified atom stereocenters. The van der Waals surface area contributed by atoms with E-state index in [-0.39, 0.29) is 30.1 Å². The summed E-state index contributed by atoms with van der Waals surface area (Å²) in [7, 11) is 0. The Balaban J connectivity index is 0.00000243. The Morgan fingerprint density at radius 3 is 2.54 bits per heavy atom. The van der Waals surface area contributed by atoms with Gasteiger partial charge in [-0.05, 0) is 31.4 Å². The Hall–Kier alpha value is -1.51. The molecule has 1 N–H and O–H groups in total. The number of guanidine groups is 1.